The third-order valence-corrected chi connectivity index (χ3v) is 5.31. The fourth-order valence-corrected chi connectivity index (χ4v) is 4.05. The number of nitrogens with zero attached hydrogens (tertiary/aromatic N) is 1. The molecule has 20 heavy (non-hydrogen) atoms. The molecule has 1 saturated heterocycles. The van der Waals surface area contributed by atoms with Crippen molar-refractivity contribution in [1.82, 2.24) is 10.3 Å². The second-order valence-electron chi connectivity index (χ2n) is 7.49. The predicted molar refractivity (Wildman–Crippen MR) is 83.1 cm³/mol. The summed E-state index contributed by atoms with van der Waals surface area (Å²) in [4.78, 5) is 5.65. The lowest BCUT2D eigenvalue weighted by molar-refractivity contribution is 0.0283. The SMILES string of the molecule is CC(C)(C)NCC1(Cc2cncs2)CCOC1C1CC1. The molecule has 112 valence electrons. The zero-order valence-corrected chi connectivity index (χ0v) is 13.6. The second kappa shape index (κ2) is 5.39. The van der Waals surface area contributed by atoms with Gasteiger partial charge in [0.05, 0.1) is 11.6 Å². The molecule has 4 heteroatoms. The molecular weight excluding hydrogens is 268 g/mol. The van der Waals surface area contributed by atoms with Crippen LogP contribution in [0.15, 0.2) is 11.7 Å². The largest absolute Gasteiger partial charge is 0.377 e. The summed E-state index contributed by atoms with van der Waals surface area (Å²) in [6, 6.07) is 0. The van der Waals surface area contributed by atoms with Crippen molar-refractivity contribution < 1.29 is 4.74 Å². The van der Waals surface area contributed by atoms with Gasteiger partial charge < -0.3 is 10.1 Å². The average molecular weight is 294 g/mol. The van der Waals surface area contributed by atoms with Crippen molar-refractivity contribution in [2.24, 2.45) is 11.3 Å². The van der Waals surface area contributed by atoms with Gasteiger partial charge in [0.2, 0.25) is 0 Å². The first-order chi connectivity index (χ1) is 9.49. The van der Waals surface area contributed by atoms with Gasteiger partial charge in [-0.2, -0.15) is 0 Å². The van der Waals surface area contributed by atoms with Gasteiger partial charge in [0.15, 0.2) is 0 Å². The minimum Gasteiger partial charge on any atom is -0.377 e. The molecule has 2 unspecified atom stereocenters. The maximum atomic E-state index is 6.15. The number of hydrogen-bond donors (Lipinski definition) is 1. The fourth-order valence-electron chi connectivity index (χ4n) is 3.30. The van der Waals surface area contributed by atoms with E-state index < -0.39 is 0 Å². The van der Waals surface area contributed by atoms with E-state index in [0.717, 1.165) is 25.5 Å². The highest BCUT2D eigenvalue weighted by molar-refractivity contribution is 7.09. The first-order valence-corrected chi connectivity index (χ1v) is 8.61. The van der Waals surface area contributed by atoms with Crippen molar-refractivity contribution in [2.45, 2.75) is 58.1 Å². The zero-order valence-electron chi connectivity index (χ0n) is 12.8. The van der Waals surface area contributed by atoms with Gasteiger partial charge in [-0.25, -0.2) is 0 Å². The molecule has 1 saturated carbocycles. The summed E-state index contributed by atoms with van der Waals surface area (Å²) in [5.41, 5.74) is 2.38. The van der Waals surface area contributed by atoms with Gasteiger partial charge >= 0.3 is 0 Å². The Morgan fingerprint density at radius 1 is 1.45 bits per heavy atom. The normalized spacial score (nSPS) is 30.9. The molecule has 3 nitrogen and oxygen atoms in total. The molecule has 0 spiro atoms. The highest BCUT2D eigenvalue weighted by Gasteiger charge is 2.51. The van der Waals surface area contributed by atoms with Crippen LogP contribution in [0, 0.1) is 11.3 Å². The van der Waals surface area contributed by atoms with Gasteiger partial charge in [0, 0.05) is 35.2 Å². The number of aromatic nitrogens is 1. The minimum absolute atomic E-state index is 0.164. The molecule has 3 rings (SSSR count). The van der Waals surface area contributed by atoms with Gasteiger partial charge in [-0.1, -0.05) is 0 Å². The molecule has 1 aliphatic heterocycles. The highest BCUT2D eigenvalue weighted by Crippen LogP contribution is 2.49. The van der Waals surface area contributed by atoms with Crippen LogP contribution in [0.25, 0.3) is 0 Å². The van der Waals surface area contributed by atoms with Crippen LogP contribution in [-0.2, 0) is 11.2 Å². The number of hydrogen-bond acceptors (Lipinski definition) is 4. The Bertz CT molecular complexity index is 436. The quantitative estimate of drug-likeness (QED) is 0.905. The molecule has 1 N–H and O–H groups in total. The maximum absolute atomic E-state index is 6.15. The summed E-state index contributed by atoms with van der Waals surface area (Å²) < 4.78 is 6.15. The predicted octanol–water partition coefficient (Wildman–Crippen LogP) is 3.26. The fraction of sp³-hybridized carbons (Fsp3) is 0.812. The van der Waals surface area contributed by atoms with E-state index in [1.165, 1.54) is 24.1 Å². The van der Waals surface area contributed by atoms with Gasteiger partial charge in [0.25, 0.3) is 0 Å². The van der Waals surface area contributed by atoms with E-state index in [4.69, 9.17) is 4.74 Å². The van der Waals surface area contributed by atoms with Crippen molar-refractivity contribution in [3.8, 4) is 0 Å². The first-order valence-electron chi connectivity index (χ1n) is 7.73. The van der Waals surface area contributed by atoms with Crippen molar-refractivity contribution in [3.05, 3.63) is 16.6 Å². The Kier molecular flexibility index (Phi) is 3.91. The minimum atomic E-state index is 0.164. The lowest BCUT2D eigenvalue weighted by Gasteiger charge is -2.37. The van der Waals surface area contributed by atoms with Crippen LogP contribution in [0.4, 0.5) is 0 Å². The molecule has 2 fully saturated rings. The van der Waals surface area contributed by atoms with E-state index >= 15 is 0 Å². The number of nitrogens with one attached hydrogen (secondary N) is 1. The third-order valence-electron chi connectivity index (χ3n) is 4.53. The lowest BCUT2D eigenvalue weighted by Crippen LogP contribution is -2.49. The van der Waals surface area contributed by atoms with Crippen molar-refractivity contribution in [3.63, 3.8) is 0 Å². The Balaban J connectivity index is 1.78. The van der Waals surface area contributed by atoms with Crippen LogP contribution in [-0.4, -0.2) is 29.8 Å². The van der Waals surface area contributed by atoms with Crippen LogP contribution in [0.5, 0.6) is 0 Å². The van der Waals surface area contributed by atoms with E-state index in [1.807, 2.05) is 11.7 Å². The average Bonchev–Trinajstić information content (AvgIpc) is 2.93. The van der Waals surface area contributed by atoms with E-state index in [2.05, 4.69) is 31.1 Å². The Morgan fingerprint density at radius 2 is 2.25 bits per heavy atom. The summed E-state index contributed by atoms with van der Waals surface area (Å²) >= 11 is 1.78. The Morgan fingerprint density at radius 3 is 2.85 bits per heavy atom. The summed E-state index contributed by atoms with van der Waals surface area (Å²) in [6.45, 7) is 8.71. The van der Waals surface area contributed by atoms with Crippen molar-refractivity contribution >= 4 is 11.3 Å². The van der Waals surface area contributed by atoms with Gasteiger partial charge in [-0.3, -0.25) is 4.98 Å². The monoisotopic (exact) mass is 294 g/mol. The molecule has 0 aromatic carbocycles. The second-order valence-corrected chi connectivity index (χ2v) is 8.46. The summed E-state index contributed by atoms with van der Waals surface area (Å²) in [5, 5.41) is 3.73. The Hall–Kier alpha value is -0.450. The molecule has 0 bridgehead atoms. The molecular formula is C16H26N2OS. The molecule has 1 aliphatic carbocycles. The van der Waals surface area contributed by atoms with E-state index in [0.29, 0.717) is 6.10 Å². The Labute approximate surface area is 126 Å². The molecule has 0 radical (unpaired) electrons. The topological polar surface area (TPSA) is 34.2 Å². The van der Waals surface area contributed by atoms with Crippen LogP contribution in [0.3, 0.4) is 0 Å². The van der Waals surface area contributed by atoms with Crippen LogP contribution >= 0.6 is 11.3 Å². The smallest absolute Gasteiger partial charge is 0.0794 e. The third kappa shape index (κ3) is 3.23. The zero-order chi connectivity index (χ0) is 14.2. The number of rotatable bonds is 5. The van der Waals surface area contributed by atoms with Gasteiger partial charge in [-0.15, -0.1) is 11.3 Å². The first kappa shape index (κ1) is 14.5. The number of thiazole rings is 1. The maximum Gasteiger partial charge on any atom is 0.0794 e. The van der Waals surface area contributed by atoms with Crippen LogP contribution in [0.1, 0.15) is 44.9 Å². The molecule has 2 aliphatic rings. The van der Waals surface area contributed by atoms with Crippen molar-refractivity contribution in [1.29, 1.82) is 0 Å². The molecule has 1 aromatic heterocycles. The molecule has 2 heterocycles. The highest BCUT2D eigenvalue weighted by atomic mass is 32.1. The van der Waals surface area contributed by atoms with E-state index in [1.54, 1.807) is 11.3 Å². The lowest BCUT2D eigenvalue weighted by atomic mass is 9.75. The summed E-state index contributed by atoms with van der Waals surface area (Å²) in [6.07, 6.45) is 7.47. The van der Waals surface area contributed by atoms with Crippen LogP contribution < -0.4 is 5.32 Å². The standard InChI is InChI=1S/C16H26N2OS/c1-15(2,3)18-10-16(8-13-9-17-11-20-13)6-7-19-14(16)12-4-5-12/h9,11-12,14,18H,4-8,10H2,1-3H3. The molecule has 1 aromatic rings. The summed E-state index contributed by atoms with van der Waals surface area (Å²) in [7, 11) is 0. The van der Waals surface area contributed by atoms with Crippen molar-refractivity contribution in [2.75, 3.05) is 13.2 Å². The van der Waals surface area contributed by atoms with Gasteiger partial charge in [0.1, 0.15) is 0 Å². The van der Waals surface area contributed by atoms with Crippen LogP contribution in [0.2, 0.25) is 0 Å². The molecule has 2 atom stereocenters. The summed E-state index contributed by atoms with van der Waals surface area (Å²) in [5.74, 6) is 0.798. The number of ether oxygens (including phenoxy) is 1. The van der Waals surface area contributed by atoms with E-state index in [-0.39, 0.29) is 11.0 Å². The molecule has 0 amide bonds. The van der Waals surface area contributed by atoms with Gasteiger partial charge in [-0.05, 0) is 52.4 Å². The van der Waals surface area contributed by atoms with E-state index in [9.17, 15) is 0 Å².